The van der Waals surface area contributed by atoms with E-state index in [1.165, 1.54) is 109 Å². The van der Waals surface area contributed by atoms with Gasteiger partial charge in [0.05, 0.1) is 33.3 Å². The average molecular weight is 1260 g/mol. The van der Waals surface area contributed by atoms with Gasteiger partial charge in [-0.15, -0.1) is 22.7 Å². The van der Waals surface area contributed by atoms with Crippen molar-refractivity contribution in [3.8, 4) is 22.5 Å². The lowest BCUT2D eigenvalue weighted by Gasteiger charge is -2.32. The van der Waals surface area contributed by atoms with E-state index in [1.54, 1.807) is 0 Å². The summed E-state index contributed by atoms with van der Waals surface area (Å²) in [6.45, 7) is 8.36. The van der Waals surface area contributed by atoms with Crippen molar-refractivity contribution in [1.82, 2.24) is 9.13 Å². The van der Waals surface area contributed by atoms with Crippen LogP contribution < -0.4 is 5.46 Å². The number of para-hydroxylation sites is 4. The van der Waals surface area contributed by atoms with Gasteiger partial charge in [0.15, 0.2) is 0 Å². The van der Waals surface area contributed by atoms with E-state index in [1.807, 2.05) is 28.7 Å². The summed E-state index contributed by atoms with van der Waals surface area (Å²) < 4.78 is 26.3. The molecule has 10 heteroatoms. The lowest BCUT2D eigenvalue weighted by Crippen LogP contribution is -2.41. The Labute approximate surface area is 480 Å². The van der Waals surface area contributed by atoms with Gasteiger partial charge in [0.1, 0.15) is 0 Å². The fraction of sp³-hybridized carbons (Fsp3) is 0.0909. The molecule has 0 bridgehead atoms. The normalized spacial score (nSPS) is 14.1. The second-order valence-electron chi connectivity index (χ2n) is 20.2. The second kappa shape index (κ2) is 19.7. The molecule has 15 rings (SSSR count). The molecular formula is C66H48BBr2IN2O2S2. The van der Waals surface area contributed by atoms with Gasteiger partial charge in [0.25, 0.3) is 0 Å². The van der Waals surface area contributed by atoms with E-state index < -0.39 is 0 Å². The zero-order valence-electron chi connectivity index (χ0n) is 42.0. The Balaban J connectivity index is 0.000000116. The molecule has 1 aliphatic rings. The Morgan fingerprint density at radius 1 is 0.395 bits per heavy atom. The van der Waals surface area contributed by atoms with Crippen LogP contribution >= 0.6 is 77.1 Å². The number of hydrogen-bond acceptors (Lipinski definition) is 4. The van der Waals surface area contributed by atoms with Crippen LogP contribution in [0.3, 0.4) is 0 Å². The van der Waals surface area contributed by atoms with Crippen molar-refractivity contribution in [3.63, 3.8) is 0 Å². The predicted molar refractivity (Wildman–Crippen MR) is 343 cm³/mol. The topological polar surface area (TPSA) is 28.3 Å². The number of hydrogen-bond donors (Lipinski definition) is 0. The first-order valence-electron chi connectivity index (χ1n) is 25.3. The predicted octanol–water partition coefficient (Wildman–Crippen LogP) is 20.1. The monoisotopic (exact) mass is 1260 g/mol. The van der Waals surface area contributed by atoms with E-state index >= 15 is 0 Å². The van der Waals surface area contributed by atoms with Crippen molar-refractivity contribution in [2.45, 2.75) is 38.9 Å². The molecule has 14 aromatic rings. The van der Waals surface area contributed by atoms with Crippen molar-refractivity contribution >= 4 is 174 Å². The lowest BCUT2D eigenvalue weighted by atomic mass is 9.79. The molecule has 5 heterocycles. The summed E-state index contributed by atoms with van der Waals surface area (Å²) in [6, 6.07) is 77.9. The zero-order chi connectivity index (χ0) is 51.9. The average Bonchev–Trinajstić information content (AvgIpc) is 4.25. The van der Waals surface area contributed by atoms with Crippen LogP contribution in [0, 0.1) is 3.57 Å². The molecule has 1 aliphatic heterocycles. The third-order valence-electron chi connectivity index (χ3n) is 15.1. The first-order valence-corrected chi connectivity index (χ1v) is 29.6. The summed E-state index contributed by atoms with van der Waals surface area (Å²) in [7, 11) is -0.364. The summed E-state index contributed by atoms with van der Waals surface area (Å²) in [5.74, 6) is 0. The van der Waals surface area contributed by atoms with Gasteiger partial charge in [0, 0.05) is 85.8 Å². The van der Waals surface area contributed by atoms with E-state index in [4.69, 9.17) is 9.31 Å². The molecule has 4 aromatic heterocycles. The molecule has 0 saturated carbocycles. The maximum Gasteiger partial charge on any atom is 0.494 e. The van der Waals surface area contributed by atoms with Crippen molar-refractivity contribution in [2.24, 2.45) is 0 Å². The van der Waals surface area contributed by atoms with E-state index in [0.717, 1.165) is 15.6 Å². The summed E-state index contributed by atoms with van der Waals surface area (Å²) in [4.78, 5) is 0. The molecule has 0 amide bonds. The van der Waals surface area contributed by atoms with E-state index in [2.05, 4.69) is 304 Å². The van der Waals surface area contributed by atoms with Gasteiger partial charge in [-0.3, -0.25) is 0 Å². The molecule has 10 aromatic carbocycles. The van der Waals surface area contributed by atoms with E-state index in [-0.39, 0.29) is 18.3 Å². The molecular weight excluding hydrogens is 1210 g/mol. The smallest absolute Gasteiger partial charge is 0.399 e. The van der Waals surface area contributed by atoms with Gasteiger partial charge in [0.2, 0.25) is 0 Å². The number of benzene rings is 10. The first-order chi connectivity index (χ1) is 36.9. The van der Waals surface area contributed by atoms with Crippen molar-refractivity contribution in [3.05, 3.63) is 231 Å². The maximum atomic E-state index is 6.29. The third kappa shape index (κ3) is 8.52. The number of aromatic nitrogens is 2. The van der Waals surface area contributed by atoms with E-state index in [9.17, 15) is 0 Å². The summed E-state index contributed by atoms with van der Waals surface area (Å²) in [5, 5.41) is 10.4. The first kappa shape index (κ1) is 49.5. The number of fused-ring (bicyclic) bond motifs is 12. The van der Waals surface area contributed by atoms with Gasteiger partial charge in [-0.2, -0.15) is 0 Å². The lowest BCUT2D eigenvalue weighted by molar-refractivity contribution is 0.00578. The summed E-state index contributed by atoms with van der Waals surface area (Å²) in [5.41, 5.74) is 10.1. The molecule has 0 unspecified atom stereocenters. The Morgan fingerprint density at radius 3 is 1.38 bits per heavy atom. The van der Waals surface area contributed by atoms with Gasteiger partial charge < -0.3 is 18.4 Å². The van der Waals surface area contributed by atoms with Crippen molar-refractivity contribution in [1.29, 1.82) is 0 Å². The Bertz CT molecular complexity index is 4470. The van der Waals surface area contributed by atoms with Gasteiger partial charge in [-0.25, -0.2) is 0 Å². The highest BCUT2D eigenvalue weighted by Gasteiger charge is 2.51. The fourth-order valence-corrected chi connectivity index (χ4v) is 15.1. The van der Waals surface area contributed by atoms with Gasteiger partial charge in [-0.05, 0) is 165 Å². The number of rotatable bonds is 4. The Hall–Kier alpha value is -6.09. The summed E-state index contributed by atoms with van der Waals surface area (Å²) >= 11 is 13.5. The standard InChI is InChI=1S/C30H18BrNS.C24H24BNO2.C12H6BrIS/c31-26-14-7-13-25-24-12-6-11-21(29(24)33-30(25)26)19-16-17-23-22-10-4-5-15-27(22)32(28(23)18-19)20-8-2-1-3-9-20;1-23(2)24(3,4)28-25(27-23)17-14-15-20-19-12-8-9-13-21(19)26(22(20)16-17)18-10-6-5-7-11-18;13-9-5-1-3-7-8-4-2-6-10(14)12(8)15-11(7)9/h1-18H;5-16H,1-4H3;1-6H. The highest BCUT2D eigenvalue weighted by atomic mass is 127. The molecule has 4 nitrogen and oxygen atoms in total. The molecule has 1 fully saturated rings. The van der Waals surface area contributed by atoms with Crippen LogP contribution in [0.2, 0.25) is 0 Å². The third-order valence-corrected chi connectivity index (χ3v) is 20.8. The fourth-order valence-electron chi connectivity index (χ4n) is 10.7. The summed E-state index contributed by atoms with van der Waals surface area (Å²) in [6.07, 6.45) is 0. The largest absolute Gasteiger partial charge is 0.494 e. The minimum Gasteiger partial charge on any atom is -0.399 e. The molecule has 76 heavy (non-hydrogen) atoms. The quantitative estimate of drug-likeness (QED) is 0.130. The minimum atomic E-state index is -0.364. The Morgan fingerprint density at radius 2 is 0.816 bits per heavy atom. The van der Waals surface area contributed by atoms with Crippen LogP contribution in [0.15, 0.2) is 227 Å². The van der Waals surface area contributed by atoms with Gasteiger partial charge in [-0.1, -0.05) is 152 Å². The Kier molecular flexibility index (Phi) is 12.8. The highest BCUT2D eigenvalue weighted by molar-refractivity contribution is 14.1. The maximum absolute atomic E-state index is 6.29. The van der Waals surface area contributed by atoms with Gasteiger partial charge >= 0.3 is 7.12 Å². The van der Waals surface area contributed by atoms with Crippen LogP contribution in [0.4, 0.5) is 0 Å². The molecule has 0 atom stereocenters. The van der Waals surface area contributed by atoms with Crippen LogP contribution in [0.5, 0.6) is 0 Å². The molecule has 0 aliphatic carbocycles. The van der Waals surface area contributed by atoms with Crippen LogP contribution in [0.1, 0.15) is 27.7 Å². The number of thiophene rings is 2. The van der Waals surface area contributed by atoms with Crippen LogP contribution in [0.25, 0.3) is 106 Å². The SMILES string of the molecule is Brc1cccc2c1sc1c(-c3ccc4c5ccccc5n(-c5ccccc5)c4c3)cccc12.Brc1cccc2c1sc1c(I)cccc12.CC1(C)OB(c2ccc3c4ccccc4n(-c4ccccc4)c3c2)OC1(C)C. The van der Waals surface area contributed by atoms with Crippen LogP contribution in [-0.4, -0.2) is 27.5 Å². The molecule has 370 valence electrons. The second-order valence-corrected chi connectivity index (χ2v) is 25.1. The van der Waals surface area contributed by atoms with Crippen molar-refractivity contribution in [2.75, 3.05) is 0 Å². The highest BCUT2D eigenvalue weighted by Crippen LogP contribution is 2.45. The molecule has 0 spiro atoms. The van der Waals surface area contributed by atoms with Crippen molar-refractivity contribution < 1.29 is 9.31 Å². The van der Waals surface area contributed by atoms with Crippen LogP contribution in [-0.2, 0) is 9.31 Å². The molecule has 0 N–H and O–H groups in total. The molecule has 0 radical (unpaired) electrons. The zero-order valence-corrected chi connectivity index (χ0v) is 49.0. The number of halogens is 3. The van der Waals surface area contributed by atoms with E-state index in [0.29, 0.717) is 0 Å². The molecule has 1 saturated heterocycles. The minimum absolute atomic E-state index is 0.348. The number of nitrogens with zero attached hydrogens (tertiary/aromatic N) is 2.